The van der Waals surface area contributed by atoms with E-state index < -0.39 is 10.0 Å². The third-order valence-corrected chi connectivity index (χ3v) is 6.29. The van der Waals surface area contributed by atoms with E-state index in [-0.39, 0.29) is 12.1 Å². The Morgan fingerprint density at radius 3 is 2.56 bits per heavy atom. The van der Waals surface area contributed by atoms with Crippen LogP contribution in [-0.4, -0.2) is 29.8 Å². The molecule has 1 saturated heterocycles. The van der Waals surface area contributed by atoms with Gasteiger partial charge in [0.25, 0.3) is 10.0 Å². The van der Waals surface area contributed by atoms with Gasteiger partial charge in [-0.1, -0.05) is 17.8 Å². The van der Waals surface area contributed by atoms with Crippen LogP contribution in [0.4, 0.5) is 0 Å². The topological polar surface area (TPSA) is 50.3 Å². The van der Waals surface area contributed by atoms with E-state index in [9.17, 15) is 8.42 Å². The number of piperidine rings is 1. The Hall–Kier alpha value is -0.460. The van der Waals surface area contributed by atoms with Crippen LogP contribution in [0.15, 0.2) is 10.4 Å². The summed E-state index contributed by atoms with van der Waals surface area (Å²) < 4.78 is 26.6. The van der Waals surface area contributed by atoms with Gasteiger partial charge in [0.15, 0.2) is 9.72 Å². The molecule has 2 heterocycles. The molecule has 0 aromatic carbocycles. The lowest BCUT2D eigenvalue weighted by Gasteiger charge is -2.37. The fourth-order valence-electron chi connectivity index (χ4n) is 2.27. The second-order valence-corrected chi connectivity index (χ2v) is 7.13. The Labute approximate surface area is 100 Å². The first kappa shape index (κ1) is 12.0. The van der Waals surface area contributed by atoms with Gasteiger partial charge >= 0.3 is 0 Å². The number of nitrogens with zero attached hydrogens (tertiary/aromatic N) is 2. The van der Waals surface area contributed by atoms with Crippen LogP contribution in [0.1, 0.15) is 33.1 Å². The van der Waals surface area contributed by atoms with E-state index in [1.54, 1.807) is 4.31 Å². The fourth-order valence-corrected chi connectivity index (χ4v) is 4.92. The molecule has 2 atom stereocenters. The van der Waals surface area contributed by atoms with Crippen molar-refractivity contribution in [3.8, 4) is 0 Å². The standard InChI is InChI=1S/C10H15N2O2S2/c1-8-4-3-5-9(2)12(8)16(13,14)10-6-11-7-15-10/h6,8-9H,3-5H2,1-2H3. The predicted octanol–water partition coefficient (Wildman–Crippen LogP) is 1.89. The molecule has 0 saturated carbocycles. The SMILES string of the molecule is CC1CCCC(C)N1S(=O)(=O)c1cn[c]s1. The Balaban J connectivity index is 2.36. The van der Waals surface area contributed by atoms with Gasteiger partial charge in [-0.25, -0.2) is 13.4 Å². The average Bonchev–Trinajstić information content (AvgIpc) is 2.69. The van der Waals surface area contributed by atoms with E-state index in [0.29, 0.717) is 4.21 Å². The van der Waals surface area contributed by atoms with Crippen LogP contribution in [-0.2, 0) is 10.0 Å². The molecule has 1 radical (unpaired) electrons. The lowest BCUT2D eigenvalue weighted by atomic mass is 10.0. The summed E-state index contributed by atoms with van der Waals surface area (Å²) in [6, 6.07) is 0.159. The van der Waals surface area contributed by atoms with Crippen LogP contribution < -0.4 is 0 Å². The van der Waals surface area contributed by atoms with Gasteiger partial charge in [0.1, 0.15) is 0 Å². The fraction of sp³-hybridized carbons (Fsp3) is 0.700. The smallest absolute Gasteiger partial charge is 0.240 e. The third-order valence-electron chi connectivity index (χ3n) is 3.01. The number of hydrogen-bond acceptors (Lipinski definition) is 4. The van der Waals surface area contributed by atoms with Crippen LogP contribution in [0.3, 0.4) is 0 Å². The number of hydrogen-bond donors (Lipinski definition) is 0. The van der Waals surface area contributed by atoms with E-state index in [4.69, 9.17) is 0 Å². The lowest BCUT2D eigenvalue weighted by Crippen LogP contribution is -2.47. The quantitative estimate of drug-likeness (QED) is 0.815. The van der Waals surface area contributed by atoms with Gasteiger partial charge in [-0.15, -0.1) is 0 Å². The average molecular weight is 259 g/mol. The van der Waals surface area contributed by atoms with Gasteiger partial charge in [-0.2, -0.15) is 4.31 Å². The Bertz CT molecular complexity index is 431. The van der Waals surface area contributed by atoms with Gasteiger partial charge in [0, 0.05) is 12.1 Å². The van der Waals surface area contributed by atoms with Crippen molar-refractivity contribution in [1.29, 1.82) is 0 Å². The van der Waals surface area contributed by atoms with Crippen LogP contribution in [0.25, 0.3) is 0 Å². The number of rotatable bonds is 2. The molecule has 4 nitrogen and oxygen atoms in total. The van der Waals surface area contributed by atoms with Gasteiger partial charge < -0.3 is 0 Å². The summed E-state index contributed by atoms with van der Waals surface area (Å²) in [6.45, 7) is 3.94. The van der Waals surface area contributed by atoms with Gasteiger partial charge in [0.2, 0.25) is 0 Å². The second kappa shape index (κ2) is 4.43. The number of sulfonamides is 1. The molecule has 89 valence electrons. The van der Waals surface area contributed by atoms with Gasteiger partial charge in [-0.05, 0) is 26.7 Å². The summed E-state index contributed by atoms with van der Waals surface area (Å²) in [6.07, 6.45) is 4.36. The molecule has 1 fully saturated rings. The highest BCUT2D eigenvalue weighted by Gasteiger charge is 2.36. The minimum atomic E-state index is -3.36. The van der Waals surface area contributed by atoms with E-state index in [0.717, 1.165) is 30.6 Å². The third kappa shape index (κ3) is 2.01. The summed E-state index contributed by atoms with van der Waals surface area (Å²) in [5, 5.41) is 0. The minimum absolute atomic E-state index is 0.0795. The Morgan fingerprint density at radius 1 is 1.44 bits per heavy atom. The number of aromatic nitrogens is 1. The molecule has 1 aliphatic heterocycles. The maximum Gasteiger partial charge on any atom is 0.254 e. The van der Waals surface area contributed by atoms with Crippen molar-refractivity contribution in [3.63, 3.8) is 0 Å². The summed E-state index contributed by atoms with van der Waals surface area (Å²) in [4.78, 5) is 3.72. The molecule has 0 bridgehead atoms. The number of thiazole rings is 1. The summed E-state index contributed by atoms with van der Waals surface area (Å²) in [5.74, 6) is 0. The molecule has 6 heteroatoms. The zero-order chi connectivity index (χ0) is 11.8. The molecular formula is C10H15N2O2S2. The first-order chi connectivity index (χ1) is 7.53. The van der Waals surface area contributed by atoms with Crippen LogP contribution >= 0.6 is 11.3 Å². The molecule has 16 heavy (non-hydrogen) atoms. The second-order valence-electron chi connectivity index (χ2n) is 4.23. The molecular weight excluding hydrogens is 244 g/mol. The van der Waals surface area contributed by atoms with E-state index in [1.165, 1.54) is 6.20 Å². The van der Waals surface area contributed by atoms with Crippen molar-refractivity contribution in [2.75, 3.05) is 0 Å². The Morgan fingerprint density at radius 2 is 2.06 bits per heavy atom. The molecule has 1 aromatic heterocycles. The van der Waals surface area contributed by atoms with E-state index in [2.05, 4.69) is 10.5 Å². The zero-order valence-corrected chi connectivity index (χ0v) is 11.0. The van der Waals surface area contributed by atoms with E-state index >= 15 is 0 Å². The van der Waals surface area contributed by atoms with Crippen molar-refractivity contribution >= 4 is 21.4 Å². The molecule has 0 N–H and O–H groups in total. The van der Waals surface area contributed by atoms with Crippen molar-refractivity contribution in [2.24, 2.45) is 0 Å². The molecule has 0 aliphatic carbocycles. The maximum atomic E-state index is 12.3. The highest BCUT2D eigenvalue weighted by Crippen LogP contribution is 2.30. The normalized spacial score (nSPS) is 28.1. The highest BCUT2D eigenvalue weighted by atomic mass is 32.2. The monoisotopic (exact) mass is 259 g/mol. The van der Waals surface area contributed by atoms with E-state index in [1.807, 2.05) is 13.8 Å². The summed E-state index contributed by atoms with van der Waals surface area (Å²) in [7, 11) is -3.36. The molecule has 1 aliphatic rings. The summed E-state index contributed by atoms with van der Waals surface area (Å²) in [5.41, 5.74) is 2.59. The molecule has 2 unspecified atom stereocenters. The minimum Gasteiger partial charge on any atom is -0.240 e. The molecule has 1 aromatic rings. The van der Waals surface area contributed by atoms with Crippen molar-refractivity contribution in [1.82, 2.24) is 9.29 Å². The van der Waals surface area contributed by atoms with Crippen LogP contribution in [0.2, 0.25) is 0 Å². The van der Waals surface area contributed by atoms with Crippen molar-refractivity contribution in [2.45, 2.75) is 49.4 Å². The zero-order valence-electron chi connectivity index (χ0n) is 9.38. The van der Waals surface area contributed by atoms with Crippen molar-refractivity contribution < 1.29 is 8.42 Å². The molecule has 0 spiro atoms. The highest BCUT2D eigenvalue weighted by molar-refractivity contribution is 7.91. The van der Waals surface area contributed by atoms with Crippen LogP contribution in [0, 0.1) is 5.51 Å². The Kier molecular flexibility index (Phi) is 3.32. The summed E-state index contributed by atoms with van der Waals surface area (Å²) >= 11 is 1.06. The molecule has 2 rings (SSSR count). The predicted molar refractivity (Wildman–Crippen MR) is 62.7 cm³/mol. The van der Waals surface area contributed by atoms with Crippen molar-refractivity contribution in [3.05, 3.63) is 11.7 Å². The van der Waals surface area contributed by atoms with Gasteiger partial charge in [0.05, 0.1) is 6.20 Å². The molecule has 0 amide bonds. The lowest BCUT2D eigenvalue weighted by molar-refractivity contribution is 0.204. The van der Waals surface area contributed by atoms with Crippen LogP contribution in [0.5, 0.6) is 0 Å². The maximum absolute atomic E-state index is 12.3. The first-order valence-electron chi connectivity index (χ1n) is 5.39. The first-order valence-corrected chi connectivity index (χ1v) is 7.64. The van der Waals surface area contributed by atoms with Gasteiger partial charge in [-0.3, -0.25) is 0 Å². The largest absolute Gasteiger partial charge is 0.254 e.